The van der Waals surface area contributed by atoms with Gasteiger partial charge in [0.1, 0.15) is 11.9 Å². The topological polar surface area (TPSA) is 78.0 Å². The number of benzene rings is 1. The number of aromatic nitrogens is 2. The van der Waals surface area contributed by atoms with E-state index in [1.54, 1.807) is 0 Å². The smallest absolute Gasteiger partial charge is 0.248 e. The van der Waals surface area contributed by atoms with Gasteiger partial charge in [-0.3, -0.25) is 4.79 Å². The van der Waals surface area contributed by atoms with E-state index in [1.165, 1.54) is 0 Å². The van der Waals surface area contributed by atoms with Crippen LogP contribution in [0.3, 0.4) is 0 Å². The molecule has 0 saturated heterocycles. The Morgan fingerprint density at radius 1 is 1.45 bits per heavy atom. The van der Waals surface area contributed by atoms with E-state index < -0.39 is 6.10 Å². The molecule has 1 aromatic carbocycles. The molecule has 0 saturated carbocycles. The number of fused-ring (bicyclic) bond motifs is 1. The maximum Gasteiger partial charge on any atom is 0.248 e. The minimum Gasteiger partial charge on any atom is -0.383 e. The number of H-pyrrole nitrogens is 1. The zero-order chi connectivity index (χ0) is 16.1. The predicted octanol–water partition coefficient (Wildman–Crippen LogP) is 2.67. The molecule has 0 aliphatic rings. The van der Waals surface area contributed by atoms with Gasteiger partial charge >= 0.3 is 0 Å². The number of rotatable bonds is 7. The highest BCUT2D eigenvalue weighted by atomic mass is 35.5. The van der Waals surface area contributed by atoms with Crippen LogP contribution in [0.2, 0.25) is 5.02 Å². The van der Waals surface area contributed by atoms with Gasteiger partial charge in [-0.25, -0.2) is 4.98 Å². The van der Waals surface area contributed by atoms with Gasteiger partial charge in [-0.05, 0) is 37.0 Å². The van der Waals surface area contributed by atoms with Crippen LogP contribution in [0.4, 0.5) is 0 Å². The van der Waals surface area contributed by atoms with E-state index in [9.17, 15) is 9.90 Å². The number of nitrogens with zero attached hydrogens (tertiary/aromatic N) is 1. The fourth-order valence-corrected chi connectivity index (χ4v) is 2.46. The highest BCUT2D eigenvalue weighted by Crippen LogP contribution is 2.17. The van der Waals surface area contributed by atoms with Gasteiger partial charge in [-0.2, -0.15) is 0 Å². The number of halogens is 1. The summed E-state index contributed by atoms with van der Waals surface area (Å²) in [7, 11) is 0. The van der Waals surface area contributed by atoms with Crippen LogP contribution < -0.4 is 5.32 Å². The molecular weight excluding hydrogens is 302 g/mol. The molecule has 0 bridgehead atoms. The second kappa shape index (κ2) is 7.61. The molecule has 0 spiro atoms. The largest absolute Gasteiger partial charge is 0.383 e. The van der Waals surface area contributed by atoms with E-state index in [-0.39, 0.29) is 5.91 Å². The van der Waals surface area contributed by atoms with E-state index in [4.69, 9.17) is 11.6 Å². The Labute approximate surface area is 135 Å². The number of aryl methyl sites for hydroxylation is 1. The Morgan fingerprint density at radius 2 is 2.23 bits per heavy atom. The molecule has 2 aromatic rings. The van der Waals surface area contributed by atoms with Crippen molar-refractivity contribution in [3.05, 3.63) is 29.0 Å². The minimum atomic E-state index is -0.923. The summed E-state index contributed by atoms with van der Waals surface area (Å²) >= 11 is 5.94. The summed E-state index contributed by atoms with van der Waals surface area (Å²) in [5.41, 5.74) is 1.80. The summed E-state index contributed by atoms with van der Waals surface area (Å²) in [5, 5.41) is 13.1. The van der Waals surface area contributed by atoms with Crippen molar-refractivity contribution in [2.75, 3.05) is 6.54 Å². The molecule has 1 amide bonds. The third-order valence-corrected chi connectivity index (χ3v) is 3.61. The van der Waals surface area contributed by atoms with Gasteiger partial charge in [0, 0.05) is 18.0 Å². The third kappa shape index (κ3) is 4.71. The molecule has 2 rings (SSSR count). The number of amides is 1. The molecule has 6 heteroatoms. The number of nitrogens with one attached hydrogen (secondary N) is 2. The number of aliphatic hydroxyl groups is 1. The molecule has 120 valence electrons. The van der Waals surface area contributed by atoms with Crippen molar-refractivity contribution in [2.24, 2.45) is 5.92 Å². The number of carbonyl (C=O) groups excluding carboxylic acids is 1. The number of aromatic amines is 1. The van der Waals surface area contributed by atoms with Crippen molar-refractivity contribution in [3.63, 3.8) is 0 Å². The number of aliphatic hydroxyl groups excluding tert-OH is 1. The molecule has 0 aliphatic heterocycles. The lowest BCUT2D eigenvalue weighted by Gasteiger charge is -2.12. The van der Waals surface area contributed by atoms with Crippen LogP contribution in [0, 0.1) is 5.92 Å². The fraction of sp³-hybridized carbons (Fsp3) is 0.500. The first-order valence-corrected chi connectivity index (χ1v) is 7.93. The summed E-state index contributed by atoms with van der Waals surface area (Å²) in [4.78, 5) is 19.4. The summed E-state index contributed by atoms with van der Waals surface area (Å²) < 4.78 is 0. The highest BCUT2D eigenvalue weighted by molar-refractivity contribution is 6.31. The van der Waals surface area contributed by atoms with Crippen LogP contribution >= 0.6 is 11.6 Å². The lowest BCUT2D eigenvalue weighted by Crippen LogP contribution is -2.36. The summed E-state index contributed by atoms with van der Waals surface area (Å²) in [6, 6.07) is 5.53. The van der Waals surface area contributed by atoms with Crippen LogP contribution in [0.15, 0.2) is 18.2 Å². The van der Waals surface area contributed by atoms with Crippen molar-refractivity contribution in [3.8, 4) is 0 Å². The van der Waals surface area contributed by atoms with E-state index in [1.807, 2.05) is 32.0 Å². The quantitative estimate of drug-likeness (QED) is 0.685. The van der Waals surface area contributed by atoms with Gasteiger partial charge in [0.05, 0.1) is 11.0 Å². The first kappa shape index (κ1) is 16.8. The average molecular weight is 324 g/mol. The maximum atomic E-state index is 11.7. The molecule has 0 radical (unpaired) electrons. The SMILES string of the molecule is CC(C)C[C@@H](O)C(=O)NCCCc1nc2ccc(Cl)cc2[nH]1. The van der Waals surface area contributed by atoms with Crippen molar-refractivity contribution >= 4 is 28.5 Å². The fourth-order valence-electron chi connectivity index (χ4n) is 2.29. The molecule has 0 aliphatic carbocycles. The van der Waals surface area contributed by atoms with Gasteiger partial charge in [-0.15, -0.1) is 0 Å². The summed E-state index contributed by atoms with van der Waals surface area (Å²) in [5.74, 6) is 0.863. The Balaban J connectivity index is 1.77. The van der Waals surface area contributed by atoms with Crippen LogP contribution in [0.5, 0.6) is 0 Å². The standard InChI is InChI=1S/C16H22ClN3O2/c1-10(2)8-14(21)16(22)18-7-3-4-15-19-12-6-5-11(17)9-13(12)20-15/h5-6,9-10,14,21H,3-4,7-8H2,1-2H3,(H,18,22)(H,19,20)/t14-/m1/s1. The second-order valence-electron chi connectivity index (χ2n) is 5.88. The van der Waals surface area contributed by atoms with Crippen LogP contribution in [-0.2, 0) is 11.2 Å². The molecule has 1 aromatic heterocycles. The summed E-state index contributed by atoms with van der Waals surface area (Å²) in [6.45, 7) is 4.47. The first-order valence-electron chi connectivity index (χ1n) is 7.55. The van der Waals surface area contributed by atoms with E-state index in [0.717, 1.165) is 29.7 Å². The Hall–Kier alpha value is -1.59. The van der Waals surface area contributed by atoms with Gasteiger partial charge in [-0.1, -0.05) is 25.4 Å². The number of imidazole rings is 1. The predicted molar refractivity (Wildman–Crippen MR) is 87.9 cm³/mol. The third-order valence-electron chi connectivity index (χ3n) is 3.38. The van der Waals surface area contributed by atoms with E-state index >= 15 is 0 Å². The van der Waals surface area contributed by atoms with Crippen LogP contribution in [0.1, 0.15) is 32.5 Å². The Bertz CT molecular complexity index is 639. The molecule has 5 nitrogen and oxygen atoms in total. The zero-order valence-electron chi connectivity index (χ0n) is 12.9. The van der Waals surface area contributed by atoms with Crippen LogP contribution in [0.25, 0.3) is 11.0 Å². The van der Waals surface area contributed by atoms with Crippen LogP contribution in [-0.4, -0.2) is 33.6 Å². The average Bonchev–Trinajstić information content (AvgIpc) is 2.84. The van der Waals surface area contributed by atoms with Crippen molar-refractivity contribution in [1.82, 2.24) is 15.3 Å². The number of hydrogen-bond donors (Lipinski definition) is 3. The normalized spacial score (nSPS) is 12.8. The van der Waals surface area contributed by atoms with Crippen molar-refractivity contribution < 1.29 is 9.90 Å². The van der Waals surface area contributed by atoms with Gasteiger partial charge in [0.2, 0.25) is 5.91 Å². The molecule has 3 N–H and O–H groups in total. The lowest BCUT2D eigenvalue weighted by atomic mass is 10.1. The highest BCUT2D eigenvalue weighted by Gasteiger charge is 2.15. The van der Waals surface area contributed by atoms with E-state index in [2.05, 4.69) is 15.3 Å². The maximum absolute atomic E-state index is 11.7. The molecule has 1 atom stereocenters. The molecular formula is C16H22ClN3O2. The van der Waals surface area contributed by atoms with Crippen molar-refractivity contribution in [2.45, 2.75) is 39.2 Å². The minimum absolute atomic E-state index is 0.295. The van der Waals surface area contributed by atoms with Gasteiger partial charge in [0.25, 0.3) is 0 Å². The molecule has 1 heterocycles. The lowest BCUT2D eigenvalue weighted by molar-refractivity contribution is -0.130. The Morgan fingerprint density at radius 3 is 2.95 bits per heavy atom. The monoisotopic (exact) mass is 323 g/mol. The number of hydrogen-bond acceptors (Lipinski definition) is 3. The number of carbonyl (C=O) groups is 1. The Kier molecular flexibility index (Phi) is 5.80. The van der Waals surface area contributed by atoms with Crippen molar-refractivity contribution in [1.29, 1.82) is 0 Å². The van der Waals surface area contributed by atoms with Gasteiger partial charge < -0.3 is 15.4 Å². The van der Waals surface area contributed by atoms with Gasteiger partial charge in [0.15, 0.2) is 0 Å². The molecule has 0 fully saturated rings. The second-order valence-corrected chi connectivity index (χ2v) is 6.32. The first-order chi connectivity index (χ1) is 10.5. The molecule has 22 heavy (non-hydrogen) atoms. The summed E-state index contributed by atoms with van der Waals surface area (Å²) in [6.07, 6.45) is 1.05. The molecule has 0 unspecified atom stereocenters. The van der Waals surface area contributed by atoms with E-state index in [0.29, 0.717) is 23.9 Å². The zero-order valence-corrected chi connectivity index (χ0v) is 13.7.